The van der Waals surface area contributed by atoms with Gasteiger partial charge in [0.05, 0.1) is 0 Å². The third kappa shape index (κ3) is 2.49. The Morgan fingerprint density at radius 1 is 1.29 bits per heavy atom. The van der Waals surface area contributed by atoms with Crippen molar-refractivity contribution in [2.75, 3.05) is 19.6 Å². The Morgan fingerprint density at radius 3 is 2.76 bits per heavy atom. The molecule has 3 heterocycles. The van der Waals surface area contributed by atoms with Gasteiger partial charge in [0.2, 0.25) is 0 Å². The molecule has 0 unspecified atom stereocenters. The summed E-state index contributed by atoms with van der Waals surface area (Å²) in [6.45, 7) is 4.00. The molecule has 0 atom stereocenters. The maximum atomic E-state index is 12.4. The molecular formula is C15H18N4O2. The van der Waals surface area contributed by atoms with E-state index in [0.29, 0.717) is 23.6 Å². The third-order valence-corrected chi connectivity index (χ3v) is 3.67. The summed E-state index contributed by atoms with van der Waals surface area (Å²) < 4.78 is 1.67. The lowest BCUT2D eigenvalue weighted by Crippen LogP contribution is -2.27. The number of rotatable bonds is 3. The third-order valence-electron chi connectivity index (χ3n) is 3.67. The minimum Gasteiger partial charge on any atom is -0.351 e. The number of likely N-dealkylation sites (tertiary alicyclic amines) is 1. The monoisotopic (exact) mass is 286 g/mol. The van der Waals surface area contributed by atoms with Crippen molar-refractivity contribution in [3.63, 3.8) is 0 Å². The summed E-state index contributed by atoms with van der Waals surface area (Å²) in [6, 6.07) is 5.30. The number of carbonyl (C=O) groups excluding carboxylic acids is 2. The summed E-state index contributed by atoms with van der Waals surface area (Å²) in [5.41, 5.74) is 1.50. The zero-order valence-electron chi connectivity index (χ0n) is 12.0. The minimum atomic E-state index is -0.166. The summed E-state index contributed by atoms with van der Waals surface area (Å²) in [6.07, 6.45) is 3.74. The molecule has 0 aromatic carbocycles. The number of carbonyl (C=O) groups is 2. The minimum absolute atomic E-state index is 0.0574. The predicted octanol–water partition coefficient (Wildman–Crippen LogP) is 1.32. The van der Waals surface area contributed by atoms with Gasteiger partial charge < -0.3 is 10.2 Å². The van der Waals surface area contributed by atoms with Crippen LogP contribution in [0.25, 0.3) is 5.65 Å². The average molecular weight is 286 g/mol. The van der Waals surface area contributed by atoms with Gasteiger partial charge in [-0.3, -0.25) is 14.0 Å². The fourth-order valence-electron chi connectivity index (χ4n) is 2.63. The van der Waals surface area contributed by atoms with Crippen molar-refractivity contribution in [2.24, 2.45) is 0 Å². The summed E-state index contributed by atoms with van der Waals surface area (Å²) in [4.78, 5) is 30.6. The van der Waals surface area contributed by atoms with E-state index in [1.165, 1.54) is 0 Å². The molecule has 0 saturated carbocycles. The first-order valence-electron chi connectivity index (χ1n) is 7.26. The zero-order valence-corrected chi connectivity index (χ0v) is 12.0. The second kappa shape index (κ2) is 5.55. The van der Waals surface area contributed by atoms with E-state index in [0.717, 1.165) is 25.9 Å². The second-order valence-corrected chi connectivity index (χ2v) is 5.12. The van der Waals surface area contributed by atoms with Gasteiger partial charge in [-0.1, -0.05) is 6.07 Å². The number of hydrogen-bond donors (Lipinski definition) is 1. The van der Waals surface area contributed by atoms with E-state index in [2.05, 4.69) is 10.3 Å². The Bertz CT molecular complexity index is 686. The molecule has 2 aromatic rings. The molecule has 6 heteroatoms. The Labute approximate surface area is 122 Å². The lowest BCUT2D eigenvalue weighted by molar-refractivity contribution is 0.0787. The van der Waals surface area contributed by atoms with E-state index in [-0.39, 0.29) is 11.8 Å². The molecule has 1 fully saturated rings. The largest absolute Gasteiger partial charge is 0.351 e. The quantitative estimate of drug-likeness (QED) is 0.925. The predicted molar refractivity (Wildman–Crippen MR) is 78.3 cm³/mol. The number of imidazole rings is 1. The molecule has 3 rings (SSSR count). The van der Waals surface area contributed by atoms with E-state index >= 15 is 0 Å². The van der Waals surface area contributed by atoms with Crippen molar-refractivity contribution in [1.82, 2.24) is 19.6 Å². The van der Waals surface area contributed by atoms with Crippen LogP contribution in [0.5, 0.6) is 0 Å². The second-order valence-electron chi connectivity index (χ2n) is 5.12. The smallest absolute Gasteiger partial charge is 0.274 e. The molecular weight excluding hydrogens is 268 g/mol. The van der Waals surface area contributed by atoms with Crippen molar-refractivity contribution >= 4 is 17.5 Å². The molecule has 1 aliphatic rings. The van der Waals surface area contributed by atoms with Crippen LogP contribution >= 0.6 is 0 Å². The van der Waals surface area contributed by atoms with Crippen LogP contribution in [-0.4, -0.2) is 45.7 Å². The van der Waals surface area contributed by atoms with Crippen molar-refractivity contribution in [3.8, 4) is 0 Å². The van der Waals surface area contributed by atoms with E-state index < -0.39 is 0 Å². The van der Waals surface area contributed by atoms with Crippen LogP contribution in [0.1, 0.15) is 40.7 Å². The standard InChI is InChI=1S/C15H18N4O2/c1-2-16-14(20)12-6-5-7-13-17-11(10-19(12)13)15(21)18-8-3-4-9-18/h5-7,10H,2-4,8-9H2,1H3,(H,16,20). The Kier molecular flexibility index (Phi) is 3.60. The Morgan fingerprint density at radius 2 is 2.05 bits per heavy atom. The first kappa shape index (κ1) is 13.6. The summed E-state index contributed by atoms with van der Waals surface area (Å²) in [5, 5.41) is 2.76. The number of pyridine rings is 1. The van der Waals surface area contributed by atoms with Gasteiger partial charge in [0, 0.05) is 25.8 Å². The number of amides is 2. The SMILES string of the molecule is CCNC(=O)c1cccc2nc(C(=O)N3CCCC3)cn12. The van der Waals surface area contributed by atoms with Crippen LogP contribution < -0.4 is 5.32 Å². The highest BCUT2D eigenvalue weighted by atomic mass is 16.2. The maximum Gasteiger partial charge on any atom is 0.274 e. The lowest BCUT2D eigenvalue weighted by Gasteiger charge is -2.12. The van der Waals surface area contributed by atoms with Gasteiger partial charge in [-0.2, -0.15) is 0 Å². The van der Waals surface area contributed by atoms with Gasteiger partial charge in [-0.15, -0.1) is 0 Å². The summed E-state index contributed by atoms with van der Waals surface area (Å²) in [7, 11) is 0. The zero-order chi connectivity index (χ0) is 14.8. The number of nitrogens with zero attached hydrogens (tertiary/aromatic N) is 3. The van der Waals surface area contributed by atoms with Crippen LogP contribution in [0.3, 0.4) is 0 Å². The molecule has 2 amide bonds. The topological polar surface area (TPSA) is 66.7 Å². The molecule has 1 N–H and O–H groups in total. The summed E-state index contributed by atoms with van der Waals surface area (Å²) >= 11 is 0. The van der Waals surface area contributed by atoms with E-state index in [1.54, 1.807) is 28.8 Å². The normalized spacial score (nSPS) is 14.6. The molecule has 2 aromatic heterocycles. The fourth-order valence-corrected chi connectivity index (χ4v) is 2.63. The highest BCUT2D eigenvalue weighted by Gasteiger charge is 2.22. The molecule has 0 radical (unpaired) electrons. The highest BCUT2D eigenvalue weighted by molar-refractivity contribution is 5.95. The molecule has 0 aliphatic carbocycles. The molecule has 6 nitrogen and oxygen atoms in total. The van der Waals surface area contributed by atoms with Gasteiger partial charge in [0.25, 0.3) is 11.8 Å². The van der Waals surface area contributed by atoms with Gasteiger partial charge in [0.1, 0.15) is 17.0 Å². The molecule has 21 heavy (non-hydrogen) atoms. The molecule has 110 valence electrons. The van der Waals surface area contributed by atoms with Crippen LogP contribution in [0.4, 0.5) is 0 Å². The number of nitrogens with one attached hydrogen (secondary N) is 1. The Balaban J connectivity index is 1.97. The Hall–Kier alpha value is -2.37. The molecule has 0 spiro atoms. The van der Waals surface area contributed by atoms with Gasteiger partial charge in [-0.25, -0.2) is 4.98 Å². The number of hydrogen-bond acceptors (Lipinski definition) is 3. The van der Waals surface area contributed by atoms with E-state index in [1.807, 2.05) is 11.8 Å². The molecule has 1 saturated heterocycles. The lowest BCUT2D eigenvalue weighted by atomic mass is 10.3. The number of fused-ring (bicyclic) bond motifs is 1. The molecule has 0 bridgehead atoms. The highest BCUT2D eigenvalue weighted by Crippen LogP contribution is 2.14. The van der Waals surface area contributed by atoms with Gasteiger partial charge in [-0.05, 0) is 31.9 Å². The molecule has 1 aliphatic heterocycles. The fraction of sp³-hybridized carbons (Fsp3) is 0.400. The first-order chi connectivity index (χ1) is 10.2. The van der Waals surface area contributed by atoms with Gasteiger partial charge >= 0.3 is 0 Å². The van der Waals surface area contributed by atoms with Gasteiger partial charge in [0.15, 0.2) is 0 Å². The average Bonchev–Trinajstić information content (AvgIpc) is 3.15. The van der Waals surface area contributed by atoms with Crippen molar-refractivity contribution < 1.29 is 9.59 Å². The van der Waals surface area contributed by atoms with Crippen LogP contribution in [0.2, 0.25) is 0 Å². The van der Waals surface area contributed by atoms with Crippen molar-refractivity contribution in [3.05, 3.63) is 35.8 Å². The van der Waals surface area contributed by atoms with Crippen LogP contribution in [0.15, 0.2) is 24.4 Å². The van der Waals surface area contributed by atoms with E-state index in [4.69, 9.17) is 0 Å². The maximum absolute atomic E-state index is 12.4. The van der Waals surface area contributed by atoms with Crippen molar-refractivity contribution in [1.29, 1.82) is 0 Å². The number of aromatic nitrogens is 2. The van der Waals surface area contributed by atoms with Crippen LogP contribution in [0, 0.1) is 0 Å². The van der Waals surface area contributed by atoms with E-state index in [9.17, 15) is 9.59 Å². The van der Waals surface area contributed by atoms with Crippen molar-refractivity contribution in [2.45, 2.75) is 19.8 Å². The summed E-state index contributed by atoms with van der Waals surface area (Å²) in [5.74, 6) is -0.223. The first-order valence-corrected chi connectivity index (χ1v) is 7.26. The van der Waals surface area contributed by atoms with Crippen LogP contribution in [-0.2, 0) is 0 Å².